The minimum Gasteiger partial charge on any atom is -0.331 e. The molecule has 0 bridgehead atoms. The largest absolute Gasteiger partial charge is 0.331 e. The van der Waals surface area contributed by atoms with Gasteiger partial charge >= 0.3 is 0 Å². The first-order valence-electron chi connectivity index (χ1n) is 11.2. The number of carbonyl (C=O) groups excluding carboxylic acids is 1. The lowest BCUT2D eigenvalue weighted by atomic mass is 9.85. The molecule has 0 N–H and O–H groups in total. The fourth-order valence-corrected chi connectivity index (χ4v) is 5.14. The fourth-order valence-electron chi connectivity index (χ4n) is 5.14. The topological polar surface area (TPSA) is 33.2 Å². The molecular formula is C27H28N2O. The Labute approximate surface area is 178 Å². The van der Waals surface area contributed by atoms with Gasteiger partial charge in [0.15, 0.2) is 0 Å². The Morgan fingerprint density at radius 3 is 2.80 bits per heavy atom. The number of benzene rings is 2. The number of nitrogens with zero attached hydrogens (tertiary/aromatic N) is 2. The highest BCUT2D eigenvalue weighted by molar-refractivity contribution is 6.05. The summed E-state index contributed by atoms with van der Waals surface area (Å²) in [5, 5.41) is 1.02. The van der Waals surface area contributed by atoms with Crippen LogP contribution in [-0.4, -0.2) is 22.3 Å². The lowest BCUT2D eigenvalue weighted by Gasteiger charge is -2.38. The van der Waals surface area contributed by atoms with Crippen molar-refractivity contribution in [3.63, 3.8) is 0 Å². The van der Waals surface area contributed by atoms with E-state index in [1.807, 2.05) is 30.3 Å². The predicted molar refractivity (Wildman–Crippen MR) is 121 cm³/mol. The first-order valence-corrected chi connectivity index (χ1v) is 11.2. The van der Waals surface area contributed by atoms with E-state index in [1.165, 1.54) is 11.1 Å². The van der Waals surface area contributed by atoms with Gasteiger partial charge in [-0.3, -0.25) is 9.78 Å². The highest BCUT2D eigenvalue weighted by Gasteiger charge is 2.32. The predicted octanol–water partition coefficient (Wildman–Crippen LogP) is 6.11. The van der Waals surface area contributed by atoms with Crippen molar-refractivity contribution >= 4 is 16.8 Å². The van der Waals surface area contributed by atoms with E-state index >= 15 is 0 Å². The number of rotatable bonds is 4. The van der Waals surface area contributed by atoms with Gasteiger partial charge in [0.25, 0.3) is 5.91 Å². The lowest BCUT2D eigenvalue weighted by Crippen LogP contribution is -2.40. The van der Waals surface area contributed by atoms with E-state index in [4.69, 9.17) is 0 Å². The monoisotopic (exact) mass is 396 g/mol. The second-order valence-electron chi connectivity index (χ2n) is 8.60. The molecule has 30 heavy (non-hydrogen) atoms. The third-order valence-electron chi connectivity index (χ3n) is 6.67. The molecule has 0 spiro atoms. The van der Waals surface area contributed by atoms with Crippen molar-refractivity contribution in [2.75, 3.05) is 6.54 Å². The smallest absolute Gasteiger partial charge is 0.256 e. The molecule has 1 heterocycles. The third kappa shape index (κ3) is 3.65. The molecular weight excluding hydrogens is 368 g/mol. The van der Waals surface area contributed by atoms with E-state index in [9.17, 15) is 4.79 Å². The fraction of sp³-hybridized carbons (Fsp3) is 0.333. The number of hydrogen-bond acceptors (Lipinski definition) is 2. The van der Waals surface area contributed by atoms with E-state index in [0.717, 1.165) is 61.5 Å². The maximum Gasteiger partial charge on any atom is 0.256 e. The molecule has 2 aromatic carbocycles. The Bertz CT molecular complexity index is 1080. The van der Waals surface area contributed by atoms with Crippen LogP contribution in [0.15, 0.2) is 72.9 Å². The van der Waals surface area contributed by atoms with Gasteiger partial charge in [0, 0.05) is 18.1 Å². The quantitative estimate of drug-likeness (QED) is 0.498. The van der Waals surface area contributed by atoms with Gasteiger partial charge in [-0.05, 0) is 67.7 Å². The van der Waals surface area contributed by atoms with Crippen LogP contribution in [0.1, 0.15) is 59.6 Å². The van der Waals surface area contributed by atoms with Crippen molar-refractivity contribution in [2.45, 2.75) is 44.6 Å². The van der Waals surface area contributed by atoms with E-state index in [-0.39, 0.29) is 11.9 Å². The number of fused-ring (bicyclic) bond motifs is 2. The summed E-state index contributed by atoms with van der Waals surface area (Å²) in [6, 6.07) is 18.8. The highest BCUT2D eigenvalue weighted by atomic mass is 16.2. The summed E-state index contributed by atoms with van der Waals surface area (Å²) in [7, 11) is 0. The summed E-state index contributed by atoms with van der Waals surface area (Å²) in [5.41, 5.74) is 4.26. The molecule has 0 aliphatic heterocycles. The maximum absolute atomic E-state index is 14.0. The van der Waals surface area contributed by atoms with E-state index in [2.05, 4.69) is 46.3 Å². The molecule has 0 saturated carbocycles. The molecule has 2 aliphatic rings. The summed E-state index contributed by atoms with van der Waals surface area (Å²) in [4.78, 5) is 20.7. The van der Waals surface area contributed by atoms with Crippen molar-refractivity contribution < 1.29 is 4.79 Å². The van der Waals surface area contributed by atoms with Crippen LogP contribution in [0.25, 0.3) is 10.9 Å². The van der Waals surface area contributed by atoms with Crippen molar-refractivity contribution in [3.8, 4) is 0 Å². The van der Waals surface area contributed by atoms with Crippen molar-refractivity contribution in [3.05, 3.63) is 89.6 Å². The number of allylic oxidation sites excluding steroid dienone is 2. The maximum atomic E-state index is 14.0. The molecule has 152 valence electrons. The van der Waals surface area contributed by atoms with Gasteiger partial charge in [0.2, 0.25) is 0 Å². The molecule has 3 heteroatoms. The molecule has 3 nitrogen and oxygen atoms in total. The highest BCUT2D eigenvalue weighted by Crippen LogP contribution is 2.37. The van der Waals surface area contributed by atoms with Gasteiger partial charge in [-0.15, -0.1) is 0 Å². The number of pyridine rings is 1. The van der Waals surface area contributed by atoms with E-state index < -0.39 is 0 Å². The Hall–Kier alpha value is -2.94. The Morgan fingerprint density at radius 1 is 1.00 bits per heavy atom. The lowest BCUT2D eigenvalue weighted by molar-refractivity contribution is 0.0613. The first-order chi connectivity index (χ1) is 14.8. The molecule has 0 radical (unpaired) electrons. The number of carbonyl (C=O) groups is 1. The number of hydrogen-bond donors (Lipinski definition) is 0. The van der Waals surface area contributed by atoms with Gasteiger partial charge in [-0.1, -0.05) is 54.6 Å². The average molecular weight is 397 g/mol. The number of aromatic nitrogens is 1. The van der Waals surface area contributed by atoms with Gasteiger partial charge in [-0.25, -0.2) is 0 Å². The second-order valence-corrected chi connectivity index (χ2v) is 8.60. The minimum atomic E-state index is 0.121. The van der Waals surface area contributed by atoms with Crippen LogP contribution in [0.5, 0.6) is 0 Å². The molecule has 0 fully saturated rings. The molecule has 2 atom stereocenters. The van der Waals surface area contributed by atoms with Crippen molar-refractivity contribution in [2.24, 2.45) is 5.92 Å². The van der Waals surface area contributed by atoms with E-state index in [1.54, 1.807) is 6.20 Å². The number of para-hydroxylation sites is 1. The zero-order chi connectivity index (χ0) is 20.3. The third-order valence-corrected chi connectivity index (χ3v) is 6.67. The van der Waals surface area contributed by atoms with Crippen LogP contribution in [0.4, 0.5) is 0 Å². The van der Waals surface area contributed by atoms with Gasteiger partial charge in [0.05, 0.1) is 17.1 Å². The molecule has 1 amide bonds. The SMILES string of the molecule is O=C(c1cccc2cccnc12)N(C[C@@H]1CC=CCC1)[C@H]1CCCc2ccccc21. The summed E-state index contributed by atoms with van der Waals surface area (Å²) in [5.74, 6) is 0.645. The van der Waals surface area contributed by atoms with Gasteiger partial charge in [0.1, 0.15) is 0 Å². The molecule has 5 rings (SSSR count). The normalized spacial score (nSPS) is 20.7. The van der Waals surface area contributed by atoms with Crippen LogP contribution in [-0.2, 0) is 6.42 Å². The molecule has 3 aromatic rings. The molecule has 1 aromatic heterocycles. The summed E-state index contributed by atoms with van der Waals surface area (Å²) in [6.07, 6.45) is 12.9. The van der Waals surface area contributed by atoms with Crippen molar-refractivity contribution in [1.29, 1.82) is 0 Å². The van der Waals surface area contributed by atoms with Gasteiger partial charge < -0.3 is 4.90 Å². The van der Waals surface area contributed by atoms with Gasteiger partial charge in [-0.2, -0.15) is 0 Å². The van der Waals surface area contributed by atoms with Crippen LogP contribution < -0.4 is 0 Å². The Kier molecular flexibility index (Phi) is 5.35. The Balaban J connectivity index is 1.56. The van der Waals surface area contributed by atoms with Crippen LogP contribution in [0.2, 0.25) is 0 Å². The zero-order valence-corrected chi connectivity index (χ0v) is 17.3. The summed E-state index contributed by atoms with van der Waals surface area (Å²) >= 11 is 0. The van der Waals surface area contributed by atoms with Crippen LogP contribution in [0, 0.1) is 5.92 Å². The van der Waals surface area contributed by atoms with E-state index in [0.29, 0.717) is 5.92 Å². The molecule has 0 saturated heterocycles. The standard InChI is InChI=1S/C27H28N2O/c30-27(24-16-6-13-22-14-8-18-28-26(22)24)29(19-20-9-2-1-3-10-20)25-17-7-12-21-11-4-5-15-23(21)25/h1-2,4-6,8,11,13-16,18,20,25H,3,7,9-10,12,17,19H2/t20-,25+/m1/s1. The average Bonchev–Trinajstić information content (AvgIpc) is 2.82. The van der Waals surface area contributed by atoms with Crippen LogP contribution >= 0.6 is 0 Å². The summed E-state index contributed by atoms with van der Waals surface area (Å²) < 4.78 is 0. The Morgan fingerprint density at radius 2 is 1.90 bits per heavy atom. The number of aryl methyl sites for hydroxylation is 1. The number of amides is 1. The second kappa shape index (κ2) is 8.43. The molecule has 2 aliphatic carbocycles. The van der Waals surface area contributed by atoms with Crippen LogP contribution in [0.3, 0.4) is 0 Å². The zero-order valence-electron chi connectivity index (χ0n) is 17.3. The minimum absolute atomic E-state index is 0.121. The molecule has 0 unspecified atom stereocenters. The summed E-state index contributed by atoms with van der Waals surface area (Å²) in [6.45, 7) is 0.811. The van der Waals surface area contributed by atoms with Crippen molar-refractivity contribution in [1.82, 2.24) is 9.88 Å². The first kappa shape index (κ1) is 19.0.